The Morgan fingerprint density at radius 3 is 2.20 bits per heavy atom. The van der Waals surface area contributed by atoms with Crippen molar-refractivity contribution >= 4 is 0 Å². The van der Waals surface area contributed by atoms with Crippen molar-refractivity contribution in [3.8, 4) is 0 Å². The minimum absolute atomic E-state index is 0.479. The fourth-order valence-electron chi connectivity index (χ4n) is 0.443. The third kappa shape index (κ3) is 0.900. The summed E-state index contributed by atoms with van der Waals surface area (Å²) in [5, 5.41) is 14.0. The van der Waals surface area contributed by atoms with Crippen molar-refractivity contribution in [3.05, 3.63) is 12.3 Å². The van der Waals surface area contributed by atoms with Crippen LogP contribution < -0.4 is 0 Å². The fraction of sp³-hybridized carbons (Fsp3) is 0.500. The molecule has 0 aromatic carbocycles. The van der Waals surface area contributed by atoms with E-state index in [0.29, 0.717) is 6.08 Å². The fourth-order valence-corrected chi connectivity index (χ4v) is 0.443. The Bertz CT molecular complexity index is 183. The zero-order valence-corrected chi connectivity index (χ0v) is 4.63. The van der Waals surface area contributed by atoms with Crippen LogP contribution in [0.3, 0.4) is 0 Å². The molecule has 10 heavy (non-hydrogen) atoms. The Hall–Kier alpha value is -0.910. The molecule has 1 aliphatic heterocycles. The summed E-state index contributed by atoms with van der Waals surface area (Å²) in [4.78, 5) is 0. The molecule has 0 radical (unpaired) electrons. The first-order chi connectivity index (χ1) is 4.46. The Kier molecular flexibility index (Phi) is 1.29. The number of halogens is 3. The molecule has 1 atom stereocenters. The van der Waals surface area contributed by atoms with Crippen molar-refractivity contribution in [2.24, 2.45) is 10.2 Å². The molecule has 1 heterocycles. The van der Waals surface area contributed by atoms with Crippen LogP contribution in [0.15, 0.2) is 22.5 Å². The normalized spacial score (nSPS) is 31.6. The van der Waals surface area contributed by atoms with E-state index in [-0.39, 0.29) is 0 Å². The van der Waals surface area contributed by atoms with E-state index in [1.54, 1.807) is 0 Å². The lowest BCUT2D eigenvalue weighted by atomic mass is 10.2. The Morgan fingerprint density at radius 2 is 2.00 bits per heavy atom. The topological polar surface area (TPSA) is 45.0 Å². The molecule has 56 valence electrons. The quantitative estimate of drug-likeness (QED) is 0.557. The molecule has 0 aromatic rings. The largest absolute Gasteiger partial charge is 0.444 e. The lowest BCUT2D eigenvalue weighted by molar-refractivity contribution is -0.236. The molecule has 0 bridgehead atoms. The van der Waals surface area contributed by atoms with Gasteiger partial charge in [0.15, 0.2) is 0 Å². The van der Waals surface area contributed by atoms with Gasteiger partial charge in [0.05, 0.1) is 6.20 Å². The molecular weight excluding hydrogens is 149 g/mol. The molecule has 0 amide bonds. The molecule has 0 spiro atoms. The van der Waals surface area contributed by atoms with E-state index in [2.05, 4.69) is 10.2 Å². The van der Waals surface area contributed by atoms with Crippen molar-refractivity contribution in [1.29, 1.82) is 0 Å². The van der Waals surface area contributed by atoms with E-state index in [1.807, 2.05) is 0 Å². The van der Waals surface area contributed by atoms with Gasteiger partial charge in [-0.25, -0.2) is 0 Å². The lowest BCUT2D eigenvalue weighted by Crippen LogP contribution is -2.39. The Balaban J connectivity index is 2.90. The molecule has 0 saturated carbocycles. The average molecular weight is 152 g/mol. The molecule has 6 heteroatoms. The summed E-state index contributed by atoms with van der Waals surface area (Å²) in [6.45, 7) is 0. The van der Waals surface area contributed by atoms with Gasteiger partial charge in [-0.1, -0.05) is 0 Å². The van der Waals surface area contributed by atoms with Crippen LogP contribution in [0.25, 0.3) is 0 Å². The second-order valence-corrected chi connectivity index (χ2v) is 1.76. The number of hydrogen-bond donors (Lipinski definition) is 1. The maximum absolute atomic E-state index is 11.7. The van der Waals surface area contributed by atoms with Crippen molar-refractivity contribution in [3.63, 3.8) is 0 Å². The number of rotatable bonds is 0. The summed E-state index contributed by atoms with van der Waals surface area (Å²) < 4.78 is 35.1. The average Bonchev–Trinajstić information content (AvgIpc) is 2.13. The van der Waals surface area contributed by atoms with Gasteiger partial charge in [-0.3, -0.25) is 0 Å². The molecule has 1 unspecified atom stereocenters. The molecule has 3 nitrogen and oxygen atoms in total. The zero-order valence-electron chi connectivity index (χ0n) is 4.63. The van der Waals surface area contributed by atoms with Crippen LogP contribution in [0.5, 0.6) is 0 Å². The van der Waals surface area contributed by atoms with E-state index in [1.165, 1.54) is 0 Å². The minimum Gasteiger partial charge on any atom is -0.358 e. The molecule has 0 fully saturated rings. The number of hydrogen-bond acceptors (Lipinski definition) is 3. The highest BCUT2D eigenvalue weighted by Gasteiger charge is 2.54. The molecule has 1 aliphatic rings. The van der Waals surface area contributed by atoms with E-state index < -0.39 is 11.9 Å². The van der Waals surface area contributed by atoms with Crippen LogP contribution in [-0.4, -0.2) is 17.0 Å². The van der Waals surface area contributed by atoms with E-state index in [4.69, 9.17) is 5.11 Å². The number of aliphatic hydroxyl groups is 1. The van der Waals surface area contributed by atoms with Gasteiger partial charge < -0.3 is 5.11 Å². The summed E-state index contributed by atoms with van der Waals surface area (Å²) in [5.74, 6) is 0. The summed E-state index contributed by atoms with van der Waals surface area (Å²) in [7, 11) is 0. The second-order valence-electron chi connectivity index (χ2n) is 1.76. The third-order valence-corrected chi connectivity index (χ3v) is 1.00. The highest BCUT2D eigenvalue weighted by molar-refractivity contribution is 5.06. The standard InChI is InChI=1S/C4H3F3N2O/c5-4(6,7)3(10)1-2-8-9-3/h1-2,10H. The maximum atomic E-state index is 11.7. The molecule has 0 aliphatic carbocycles. The Labute approximate surface area is 53.9 Å². The van der Waals surface area contributed by atoms with Crippen LogP contribution in [0, 0.1) is 0 Å². The van der Waals surface area contributed by atoms with E-state index in [0.717, 1.165) is 6.20 Å². The zero-order chi connectivity index (χ0) is 7.83. The molecule has 0 aromatic heterocycles. The molecular formula is C4H3F3N2O. The van der Waals surface area contributed by atoms with Gasteiger partial charge in [0.25, 0.3) is 5.72 Å². The highest BCUT2D eigenvalue weighted by atomic mass is 19.4. The predicted molar refractivity (Wildman–Crippen MR) is 25.0 cm³/mol. The van der Waals surface area contributed by atoms with Crippen LogP contribution >= 0.6 is 0 Å². The van der Waals surface area contributed by atoms with Gasteiger partial charge in [0.2, 0.25) is 0 Å². The van der Waals surface area contributed by atoms with Gasteiger partial charge in [0.1, 0.15) is 0 Å². The second kappa shape index (κ2) is 1.79. The van der Waals surface area contributed by atoms with Gasteiger partial charge in [-0.15, -0.1) is 5.11 Å². The SMILES string of the molecule is OC1(C(F)(F)F)C=CN=N1. The molecule has 1 rings (SSSR count). The Morgan fingerprint density at radius 1 is 1.40 bits per heavy atom. The van der Waals surface area contributed by atoms with Crippen molar-refractivity contribution < 1.29 is 18.3 Å². The maximum Gasteiger partial charge on any atom is 0.444 e. The van der Waals surface area contributed by atoms with Crippen molar-refractivity contribution in [2.45, 2.75) is 11.9 Å². The van der Waals surface area contributed by atoms with E-state index >= 15 is 0 Å². The monoisotopic (exact) mass is 152 g/mol. The number of alkyl halides is 3. The predicted octanol–water partition coefficient (Wildman–Crippen LogP) is 1.22. The number of azo groups is 1. The summed E-state index contributed by atoms with van der Waals surface area (Å²) in [6, 6.07) is 0. The summed E-state index contributed by atoms with van der Waals surface area (Å²) in [6.07, 6.45) is -3.50. The minimum atomic E-state index is -4.77. The highest BCUT2D eigenvalue weighted by Crippen LogP contribution is 2.35. The first kappa shape index (κ1) is 7.20. The summed E-state index contributed by atoms with van der Waals surface area (Å²) in [5.41, 5.74) is -3.09. The third-order valence-electron chi connectivity index (χ3n) is 1.00. The first-order valence-electron chi connectivity index (χ1n) is 2.34. The van der Waals surface area contributed by atoms with Gasteiger partial charge in [-0.2, -0.15) is 18.3 Å². The van der Waals surface area contributed by atoms with Crippen LogP contribution in [0.1, 0.15) is 0 Å². The van der Waals surface area contributed by atoms with Gasteiger partial charge in [-0.05, 0) is 0 Å². The van der Waals surface area contributed by atoms with Crippen molar-refractivity contribution in [1.82, 2.24) is 0 Å². The van der Waals surface area contributed by atoms with Gasteiger partial charge >= 0.3 is 6.18 Å². The smallest absolute Gasteiger partial charge is 0.358 e. The number of nitrogens with zero attached hydrogens (tertiary/aromatic N) is 2. The molecule has 0 saturated heterocycles. The van der Waals surface area contributed by atoms with Gasteiger partial charge in [0, 0.05) is 6.08 Å². The molecule has 1 N–H and O–H groups in total. The van der Waals surface area contributed by atoms with Crippen LogP contribution in [0.4, 0.5) is 13.2 Å². The summed E-state index contributed by atoms with van der Waals surface area (Å²) >= 11 is 0. The lowest BCUT2D eigenvalue weighted by Gasteiger charge is -2.17. The first-order valence-corrected chi connectivity index (χ1v) is 2.34. The van der Waals surface area contributed by atoms with Crippen molar-refractivity contribution in [2.75, 3.05) is 0 Å². The van der Waals surface area contributed by atoms with E-state index in [9.17, 15) is 13.2 Å². The van der Waals surface area contributed by atoms with Crippen LogP contribution in [-0.2, 0) is 0 Å². The van der Waals surface area contributed by atoms with Crippen LogP contribution in [0.2, 0.25) is 0 Å².